The molecule has 6 rings (SSSR count). The first kappa shape index (κ1) is 21.7. The quantitative estimate of drug-likeness (QED) is 0.370. The molecule has 3 fully saturated rings. The molecule has 1 aromatic carbocycles. The van der Waals surface area contributed by atoms with E-state index in [4.69, 9.17) is 4.74 Å². The largest absolute Gasteiger partial charge is 0.439 e. The lowest BCUT2D eigenvalue weighted by Gasteiger charge is -2.52. The van der Waals surface area contributed by atoms with Gasteiger partial charge in [-0.1, -0.05) is 36.4 Å². The van der Waals surface area contributed by atoms with Crippen molar-refractivity contribution in [3.63, 3.8) is 0 Å². The van der Waals surface area contributed by atoms with Crippen molar-refractivity contribution in [2.45, 2.75) is 38.3 Å². The number of carbonyl (C=O) groups excluding carboxylic acids is 1. The minimum absolute atomic E-state index is 0.0347. The molecule has 3 aliphatic rings. The van der Waals surface area contributed by atoms with Crippen LogP contribution in [0.1, 0.15) is 29.7 Å². The molecule has 1 amide bonds. The number of rotatable bonds is 8. The summed E-state index contributed by atoms with van der Waals surface area (Å²) in [6.45, 7) is 5.20. The van der Waals surface area contributed by atoms with E-state index in [-0.39, 0.29) is 12.2 Å². The molecule has 0 radical (unpaired) electrons. The van der Waals surface area contributed by atoms with Crippen molar-refractivity contribution in [3.05, 3.63) is 75.8 Å². The third-order valence-corrected chi connectivity index (χ3v) is 8.87. The average Bonchev–Trinajstić information content (AvgIpc) is 3.53. The van der Waals surface area contributed by atoms with Crippen molar-refractivity contribution >= 4 is 33.8 Å². The number of hydrogen-bond donors (Lipinski definition) is 0. The highest BCUT2D eigenvalue weighted by Crippen LogP contribution is 2.37. The molecule has 3 aliphatic heterocycles. The lowest BCUT2D eigenvalue weighted by atomic mass is 9.83. The SMILES string of the molecule is O=C(O[C@H]1C[N+]2(CCCc3ccccc3)CCC1CC2)N(Cc1cccs1)c1cccs1. The number of carbonyl (C=O) groups is 1. The summed E-state index contributed by atoms with van der Waals surface area (Å²) >= 11 is 3.28. The van der Waals surface area contributed by atoms with Gasteiger partial charge in [-0.15, -0.1) is 22.7 Å². The molecule has 0 spiro atoms. The van der Waals surface area contributed by atoms with Crippen molar-refractivity contribution < 1.29 is 14.0 Å². The van der Waals surface area contributed by atoms with Crippen LogP contribution in [0.25, 0.3) is 0 Å². The molecule has 3 saturated heterocycles. The molecule has 1 atom stereocenters. The van der Waals surface area contributed by atoms with E-state index in [1.165, 1.54) is 49.3 Å². The Morgan fingerprint density at radius 2 is 1.78 bits per heavy atom. The number of benzene rings is 1. The van der Waals surface area contributed by atoms with Crippen LogP contribution in [0.4, 0.5) is 9.80 Å². The van der Waals surface area contributed by atoms with Gasteiger partial charge >= 0.3 is 6.09 Å². The zero-order valence-electron chi connectivity index (χ0n) is 18.4. The maximum absolute atomic E-state index is 13.3. The summed E-state index contributed by atoms with van der Waals surface area (Å²) in [5.41, 5.74) is 1.42. The minimum Gasteiger partial charge on any atom is -0.439 e. The number of anilines is 1. The predicted molar refractivity (Wildman–Crippen MR) is 132 cm³/mol. The lowest BCUT2D eigenvalue weighted by molar-refractivity contribution is -0.946. The molecule has 4 nitrogen and oxygen atoms in total. The predicted octanol–water partition coefficient (Wildman–Crippen LogP) is 6.19. The number of hydrogen-bond acceptors (Lipinski definition) is 4. The summed E-state index contributed by atoms with van der Waals surface area (Å²) in [5, 5.41) is 5.03. The van der Waals surface area contributed by atoms with Gasteiger partial charge in [0.2, 0.25) is 0 Å². The third kappa shape index (κ3) is 4.92. The summed E-state index contributed by atoms with van der Waals surface area (Å²) < 4.78 is 7.35. The molecule has 2 bridgehead atoms. The maximum Gasteiger partial charge on any atom is 0.415 e. The van der Waals surface area contributed by atoms with Crippen LogP contribution in [0.15, 0.2) is 65.4 Å². The van der Waals surface area contributed by atoms with Gasteiger partial charge in [-0.05, 0) is 40.9 Å². The lowest BCUT2D eigenvalue weighted by Crippen LogP contribution is -2.65. The van der Waals surface area contributed by atoms with E-state index in [2.05, 4.69) is 41.8 Å². The molecular formula is C26H31N2O2S2+. The van der Waals surface area contributed by atoms with E-state index >= 15 is 0 Å². The van der Waals surface area contributed by atoms with Crippen LogP contribution in [0.5, 0.6) is 0 Å². The summed E-state index contributed by atoms with van der Waals surface area (Å²) in [4.78, 5) is 16.3. The molecule has 0 unspecified atom stereocenters. The molecule has 0 aliphatic carbocycles. The molecule has 0 N–H and O–H groups in total. The van der Waals surface area contributed by atoms with Crippen LogP contribution in [0, 0.1) is 5.92 Å². The molecule has 168 valence electrons. The molecule has 0 saturated carbocycles. The number of quaternary nitrogens is 1. The van der Waals surface area contributed by atoms with Gasteiger partial charge in [-0.3, -0.25) is 4.90 Å². The molecular weight excluding hydrogens is 436 g/mol. The van der Waals surface area contributed by atoms with Crippen LogP contribution in [0.3, 0.4) is 0 Å². The van der Waals surface area contributed by atoms with Crippen LogP contribution in [0.2, 0.25) is 0 Å². The van der Waals surface area contributed by atoms with Crippen molar-refractivity contribution in [2.24, 2.45) is 5.92 Å². The number of aryl methyl sites for hydroxylation is 1. The van der Waals surface area contributed by atoms with Crippen LogP contribution in [-0.4, -0.2) is 42.9 Å². The molecule has 6 heteroatoms. The fourth-order valence-electron chi connectivity index (χ4n) is 5.34. The maximum atomic E-state index is 13.3. The Morgan fingerprint density at radius 1 is 1.00 bits per heavy atom. The monoisotopic (exact) mass is 467 g/mol. The Morgan fingerprint density at radius 3 is 2.50 bits per heavy atom. The minimum atomic E-state index is -0.193. The zero-order chi connectivity index (χ0) is 21.8. The van der Waals surface area contributed by atoms with Gasteiger partial charge in [0.1, 0.15) is 11.5 Å². The zero-order valence-corrected chi connectivity index (χ0v) is 20.0. The highest BCUT2D eigenvalue weighted by Gasteiger charge is 2.47. The third-order valence-electron chi connectivity index (χ3n) is 7.12. The van der Waals surface area contributed by atoms with Crippen molar-refractivity contribution in [1.82, 2.24) is 0 Å². The first-order valence-corrected chi connectivity index (χ1v) is 13.4. The number of nitrogens with zero attached hydrogens (tertiary/aromatic N) is 2. The smallest absolute Gasteiger partial charge is 0.415 e. The number of fused-ring (bicyclic) bond motifs is 3. The van der Waals surface area contributed by atoms with Crippen molar-refractivity contribution in [3.8, 4) is 0 Å². The van der Waals surface area contributed by atoms with E-state index < -0.39 is 0 Å². The van der Waals surface area contributed by atoms with Gasteiger partial charge in [0.15, 0.2) is 6.10 Å². The van der Waals surface area contributed by atoms with Crippen LogP contribution < -0.4 is 4.90 Å². The summed E-state index contributed by atoms with van der Waals surface area (Å²) in [5.74, 6) is 0.514. The van der Waals surface area contributed by atoms with Gasteiger partial charge < -0.3 is 9.22 Å². The Bertz CT molecular complexity index is 980. The second-order valence-electron chi connectivity index (χ2n) is 9.16. The van der Waals surface area contributed by atoms with Crippen LogP contribution in [-0.2, 0) is 17.7 Å². The second-order valence-corrected chi connectivity index (χ2v) is 11.1. The summed E-state index contributed by atoms with van der Waals surface area (Å²) in [6.07, 6.45) is 4.51. The molecule has 3 aromatic rings. The average molecular weight is 468 g/mol. The van der Waals surface area contributed by atoms with E-state index in [9.17, 15) is 4.79 Å². The number of ether oxygens (including phenoxy) is 1. The Labute approximate surface area is 198 Å². The highest BCUT2D eigenvalue weighted by molar-refractivity contribution is 7.14. The molecule has 2 aromatic heterocycles. The van der Waals surface area contributed by atoms with Gasteiger partial charge in [0, 0.05) is 30.1 Å². The number of piperidine rings is 3. The summed E-state index contributed by atoms with van der Waals surface area (Å²) in [6, 6.07) is 18.9. The molecule has 5 heterocycles. The fourth-order valence-corrected chi connectivity index (χ4v) is 6.75. The van der Waals surface area contributed by atoms with E-state index in [1.807, 2.05) is 28.5 Å². The van der Waals surface area contributed by atoms with E-state index in [0.29, 0.717) is 12.5 Å². The van der Waals surface area contributed by atoms with E-state index in [1.54, 1.807) is 22.7 Å². The first-order valence-electron chi connectivity index (χ1n) is 11.6. The standard InChI is InChI=1S/C26H31N2O2S2/c29-26(27(25-11-6-18-32-25)19-23-10-5-17-31-23)30-24-20-28(15-12-22(24)13-16-28)14-4-9-21-7-2-1-3-8-21/h1-3,5-8,10-11,17-18,22,24H,4,9,12-16,19-20H2/q+1/t22?,24-,28?/m0/s1. The normalized spacial score (nSPS) is 24.4. The Balaban J connectivity index is 1.22. The van der Waals surface area contributed by atoms with Gasteiger partial charge in [-0.2, -0.15) is 0 Å². The molecule has 32 heavy (non-hydrogen) atoms. The Hall–Kier alpha value is -2.15. The fraction of sp³-hybridized carbons (Fsp3) is 0.423. The second kappa shape index (κ2) is 9.77. The van der Waals surface area contributed by atoms with Gasteiger partial charge in [0.05, 0.1) is 26.2 Å². The number of thiophene rings is 2. The van der Waals surface area contributed by atoms with Crippen molar-refractivity contribution in [2.75, 3.05) is 31.1 Å². The van der Waals surface area contributed by atoms with E-state index in [0.717, 1.165) is 22.4 Å². The van der Waals surface area contributed by atoms with Gasteiger partial charge in [-0.25, -0.2) is 4.79 Å². The summed E-state index contributed by atoms with van der Waals surface area (Å²) in [7, 11) is 0. The van der Waals surface area contributed by atoms with Crippen molar-refractivity contribution in [1.29, 1.82) is 0 Å². The Kier molecular flexibility index (Phi) is 6.62. The highest BCUT2D eigenvalue weighted by atomic mass is 32.1. The first-order chi connectivity index (χ1) is 15.7. The van der Waals surface area contributed by atoms with Crippen LogP contribution >= 0.6 is 22.7 Å². The number of amides is 1. The topological polar surface area (TPSA) is 29.5 Å². The van der Waals surface area contributed by atoms with Gasteiger partial charge in [0.25, 0.3) is 0 Å².